The molecule has 3 unspecified atom stereocenters. The molecule has 4 aliphatic carbocycles. The van der Waals surface area contributed by atoms with Gasteiger partial charge in [-0.05, 0) is 68.1 Å². The first kappa shape index (κ1) is 8.32. The van der Waals surface area contributed by atoms with Crippen molar-refractivity contribution < 1.29 is 0 Å². The van der Waals surface area contributed by atoms with Crippen LogP contribution in [0.5, 0.6) is 0 Å². The molecule has 4 aliphatic rings. The summed E-state index contributed by atoms with van der Waals surface area (Å²) < 4.78 is 0. The van der Waals surface area contributed by atoms with Crippen LogP contribution >= 0.6 is 0 Å². The second-order valence-corrected chi connectivity index (χ2v) is 5.66. The first-order valence-corrected chi connectivity index (χ1v) is 6.21. The van der Waals surface area contributed by atoms with Gasteiger partial charge in [-0.25, -0.2) is 0 Å². The van der Waals surface area contributed by atoms with Crippen LogP contribution in [-0.2, 0) is 0 Å². The van der Waals surface area contributed by atoms with E-state index in [9.17, 15) is 0 Å². The van der Waals surface area contributed by atoms with Crippen LogP contribution in [0, 0.1) is 29.6 Å². The van der Waals surface area contributed by atoms with Gasteiger partial charge in [-0.1, -0.05) is 13.3 Å². The Kier molecular flexibility index (Phi) is 1.92. The molecule has 0 heteroatoms. The predicted octanol–water partition coefficient (Wildman–Crippen LogP) is 3.82. The summed E-state index contributed by atoms with van der Waals surface area (Å²) in [6.07, 6.45) is 10.7. The third kappa shape index (κ3) is 1.25. The van der Waals surface area contributed by atoms with Crippen molar-refractivity contribution in [3.63, 3.8) is 0 Å². The fourth-order valence-corrected chi connectivity index (χ4v) is 4.49. The molecule has 0 saturated heterocycles. The van der Waals surface area contributed by atoms with E-state index < -0.39 is 0 Å². The largest absolute Gasteiger partial charge is 0.0654 e. The summed E-state index contributed by atoms with van der Waals surface area (Å²) in [6.45, 7) is 2.35. The van der Waals surface area contributed by atoms with E-state index in [0.29, 0.717) is 0 Å². The highest BCUT2D eigenvalue weighted by Crippen LogP contribution is 2.58. The van der Waals surface area contributed by atoms with Crippen LogP contribution in [-0.4, -0.2) is 0 Å². The van der Waals surface area contributed by atoms with E-state index in [1.54, 1.807) is 19.3 Å². The second-order valence-electron chi connectivity index (χ2n) is 5.66. The van der Waals surface area contributed by atoms with Gasteiger partial charge in [0.25, 0.3) is 0 Å². The Morgan fingerprint density at radius 2 is 1.77 bits per heavy atom. The van der Waals surface area contributed by atoms with Crippen molar-refractivity contribution in [2.24, 2.45) is 23.7 Å². The standard InChI is InChI=1S/C13H21/c1-2-3-13-11-5-9-4-10(7-11)8-12(13)6-9/h9-11,13H,2-8H2,1H3. The molecule has 4 fully saturated rings. The van der Waals surface area contributed by atoms with Crippen molar-refractivity contribution >= 4 is 0 Å². The van der Waals surface area contributed by atoms with Gasteiger partial charge >= 0.3 is 0 Å². The van der Waals surface area contributed by atoms with E-state index in [1.165, 1.54) is 25.7 Å². The van der Waals surface area contributed by atoms with Crippen molar-refractivity contribution in [1.29, 1.82) is 0 Å². The Morgan fingerprint density at radius 1 is 1.08 bits per heavy atom. The first-order valence-electron chi connectivity index (χ1n) is 6.21. The Balaban J connectivity index is 1.77. The summed E-state index contributed by atoms with van der Waals surface area (Å²) >= 11 is 0. The van der Waals surface area contributed by atoms with Crippen LogP contribution in [0.1, 0.15) is 51.9 Å². The normalized spacial score (nSPS) is 48.7. The molecule has 0 aliphatic heterocycles. The minimum Gasteiger partial charge on any atom is -0.0654 e. The molecular weight excluding hydrogens is 156 g/mol. The van der Waals surface area contributed by atoms with Gasteiger partial charge in [-0.3, -0.25) is 0 Å². The molecule has 3 atom stereocenters. The minimum atomic E-state index is 1.07. The van der Waals surface area contributed by atoms with Crippen molar-refractivity contribution in [2.75, 3.05) is 0 Å². The molecule has 0 aromatic carbocycles. The van der Waals surface area contributed by atoms with Crippen molar-refractivity contribution in [2.45, 2.75) is 51.9 Å². The van der Waals surface area contributed by atoms with Gasteiger partial charge in [0.1, 0.15) is 0 Å². The van der Waals surface area contributed by atoms with E-state index in [4.69, 9.17) is 0 Å². The maximum atomic E-state index is 2.35. The van der Waals surface area contributed by atoms with Crippen LogP contribution in [0.4, 0.5) is 0 Å². The molecule has 0 aromatic heterocycles. The van der Waals surface area contributed by atoms with E-state index in [1.807, 2.05) is 5.92 Å². The lowest BCUT2D eigenvalue weighted by Crippen LogP contribution is -2.43. The molecule has 4 bridgehead atoms. The summed E-state index contributed by atoms with van der Waals surface area (Å²) in [5.74, 6) is 6.44. The van der Waals surface area contributed by atoms with Crippen molar-refractivity contribution in [1.82, 2.24) is 0 Å². The summed E-state index contributed by atoms with van der Waals surface area (Å²) in [4.78, 5) is 0. The van der Waals surface area contributed by atoms with Gasteiger partial charge in [-0.2, -0.15) is 0 Å². The maximum absolute atomic E-state index is 2.35. The topological polar surface area (TPSA) is 0 Å². The lowest BCUT2D eigenvalue weighted by molar-refractivity contribution is 0.0386. The molecule has 4 rings (SSSR count). The van der Waals surface area contributed by atoms with E-state index in [2.05, 4.69) is 6.92 Å². The van der Waals surface area contributed by atoms with Gasteiger partial charge in [0.2, 0.25) is 0 Å². The van der Waals surface area contributed by atoms with Crippen LogP contribution in [0.2, 0.25) is 0 Å². The molecule has 0 amide bonds. The maximum Gasteiger partial charge on any atom is -0.0202 e. The lowest BCUT2D eigenvalue weighted by Gasteiger charge is -2.54. The molecule has 73 valence electrons. The third-order valence-corrected chi connectivity index (χ3v) is 4.73. The minimum absolute atomic E-state index is 1.07. The average Bonchev–Trinajstić information content (AvgIpc) is 2.10. The highest BCUT2D eigenvalue weighted by Gasteiger charge is 2.47. The summed E-state index contributed by atoms with van der Waals surface area (Å²) in [5.41, 5.74) is 0. The molecule has 4 saturated carbocycles. The Bertz CT molecular complexity index is 166. The smallest absolute Gasteiger partial charge is 0.0202 e. The first-order chi connectivity index (χ1) is 6.36. The summed E-state index contributed by atoms with van der Waals surface area (Å²) in [7, 11) is 0. The molecule has 1 radical (unpaired) electrons. The fraction of sp³-hybridized carbons (Fsp3) is 0.923. The van der Waals surface area contributed by atoms with Crippen LogP contribution in [0.15, 0.2) is 0 Å². The van der Waals surface area contributed by atoms with E-state index >= 15 is 0 Å². The van der Waals surface area contributed by atoms with Crippen LogP contribution < -0.4 is 0 Å². The zero-order valence-corrected chi connectivity index (χ0v) is 8.76. The molecule has 0 spiro atoms. The van der Waals surface area contributed by atoms with Gasteiger partial charge in [0.05, 0.1) is 0 Å². The molecule has 0 aromatic rings. The molecule has 13 heavy (non-hydrogen) atoms. The molecule has 0 heterocycles. The molecule has 0 N–H and O–H groups in total. The SMILES string of the molecule is CCCC1[C]2CC3CC(C2)CC1C3. The van der Waals surface area contributed by atoms with E-state index in [0.717, 1.165) is 23.7 Å². The zero-order chi connectivity index (χ0) is 8.84. The highest BCUT2D eigenvalue weighted by atomic mass is 14.5. The quantitative estimate of drug-likeness (QED) is 0.601. The van der Waals surface area contributed by atoms with Crippen molar-refractivity contribution in [3.05, 3.63) is 5.92 Å². The lowest BCUT2D eigenvalue weighted by atomic mass is 9.51. The number of hydrogen-bond acceptors (Lipinski definition) is 0. The highest BCUT2D eigenvalue weighted by molar-refractivity contribution is 5.12. The van der Waals surface area contributed by atoms with Gasteiger partial charge in [-0.15, -0.1) is 0 Å². The zero-order valence-electron chi connectivity index (χ0n) is 8.76. The predicted molar refractivity (Wildman–Crippen MR) is 55.2 cm³/mol. The average molecular weight is 177 g/mol. The summed E-state index contributed by atoms with van der Waals surface area (Å²) in [5, 5.41) is 0. The Labute approximate surface area is 82.1 Å². The number of rotatable bonds is 2. The molecular formula is C13H21. The monoisotopic (exact) mass is 177 g/mol. The number of hydrogen-bond donors (Lipinski definition) is 0. The van der Waals surface area contributed by atoms with Crippen molar-refractivity contribution in [3.8, 4) is 0 Å². The summed E-state index contributed by atoms with van der Waals surface area (Å²) in [6, 6.07) is 0. The second kappa shape index (κ2) is 3.00. The van der Waals surface area contributed by atoms with Gasteiger partial charge in [0.15, 0.2) is 0 Å². The Morgan fingerprint density at radius 3 is 2.31 bits per heavy atom. The fourth-order valence-electron chi connectivity index (χ4n) is 4.49. The third-order valence-electron chi connectivity index (χ3n) is 4.73. The van der Waals surface area contributed by atoms with Crippen LogP contribution in [0.25, 0.3) is 0 Å². The van der Waals surface area contributed by atoms with Gasteiger partial charge < -0.3 is 0 Å². The van der Waals surface area contributed by atoms with E-state index in [-0.39, 0.29) is 0 Å². The van der Waals surface area contributed by atoms with Gasteiger partial charge in [0, 0.05) is 0 Å². The van der Waals surface area contributed by atoms with Crippen LogP contribution in [0.3, 0.4) is 0 Å². The Hall–Kier alpha value is 0. The molecule has 0 nitrogen and oxygen atoms in total.